The van der Waals surface area contributed by atoms with Gasteiger partial charge < -0.3 is 16.0 Å². The Bertz CT molecular complexity index is 755. The van der Waals surface area contributed by atoms with Gasteiger partial charge in [0.2, 0.25) is 5.91 Å². The largest absolute Gasteiger partial charge is 0.357 e. The summed E-state index contributed by atoms with van der Waals surface area (Å²) in [7, 11) is 0. The van der Waals surface area contributed by atoms with Crippen molar-refractivity contribution < 1.29 is 9.18 Å². The minimum Gasteiger partial charge on any atom is -0.357 e. The molecule has 2 rings (SSSR count). The summed E-state index contributed by atoms with van der Waals surface area (Å²) in [5.74, 6) is 0.118. The normalized spacial score (nSPS) is 10.7. The van der Waals surface area contributed by atoms with E-state index in [1.54, 1.807) is 30.6 Å². The molecule has 1 aromatic heterocycles. The molecule has 0 aliphatic heterocycles. The first-order valence-electron chi connectivity index (χ1n) is 8.55. The molecule has 1 aromatic carbocycles. The Kier molecular flexibility index (Phi) is 10.3. The summed E-state index contributed by atoms with van der Waals surface area (Å²) in [6.07, 6.45) is 3.96. The van der Waals surface area contributed by atoms with E-state index in [4.69, 9.17) is 0 Å². The van der Waals surface area contributed by atoms with Gasteiger partial charge in [-0.2, -0.15) is 0 Å². The number of pyridine rings is 1. The molecule has 0 aliphatic rings. The van der Waals surface area contributed by atoms with Crippen LogP contribution in [0.1, 0.15) is 18.1 Å². The highest BCUT2D eigenvalue weighted by Crippen LogP contribution is 2.10. The van der Waals surface area contributed by atoms with Crippen LogP contribution in [0.2, 0.25) is 0 Å². The summed E-state index contributed by atoms with van der Waals surface area (Å²) in [5.41, 5.74) is 2.63. The molecular formula is C19H25FIN5O. The summed E-state index contributed by atoms with van der Waals surface area (Å²) in [6.45, 7) is 5.16. The highest BCUT2D eigenvalue weighted by molar-refractivity contribution is 14.0. The standard InChI is InChI=1S/C19H24FN5O.HI/c1-3-22-19(23-10-8-15-6-7-16(20)11-14(15)2)24-13-18(26)25-17-5-4-9-21-12-17;/h4-7,9,11-12H,3,8,10,13H2,1-2H3,(H,25,26)(H2,22,23,24);1H. The Hall–Kier alpha value is -2.23. The molecule has 0 fully saturated rings. The van der Waals surface area contributed by atoms with Gasteiger partial charge in [0.05, 0.1) is 11.9 Å². The van der Waals surface area contributed by atoms with Crippen LogP contribution in [-0.2, 0) is 11.2 Å². The second-order valence-electron chi connectivity index (χ2n) is 5.73. The summed E-state index contributed by atoms with van der Waals surface area (Å²) < 4.78 is 13.1. The highest BCUT2D eigenvalue weighted by Gasteiger charge is 2.04. The lowest BCUT2D eigenvalue weighted by Gasteiger charge is -2.12. The number of hydrogen-bond donors (Lipinski definition) is 3. The van der Waals surface area contributed by atoms with E-state index in [-0.39, 0.29) is 42.2 Å². The Labute approximate surface area is 176 Å². The predicted molar refractivity (Wildman–Crippen MR) is 117 cm³/mol. The Morgan fingerprint density at radius 3 is 2.74 bits per heavy atom. The second-order valence-corrected chi connectivity index (χ2v) is 5.73. The number of guanidine groups is 1. The quantitative estimate of drug-likeness (QED) is 0.320. The topological polar surface area (TPSA) is 78.4 Å². The van der Waals surface area contributed by atoms with Crippen molar-refractivity contribution in [2.24, 2.45) is 4.99 Å². The second kappa shape index (κ2) is 12.2. The van der Waals surface area contributed by atoms with Gasteiger partial charge in [0.25, 0.3) is 0 Å². The van der Waals surface area contributed by atoms with Crippen LogP contribution in [0.4, 0.5) is 10.1 Å². The van der Waals surface area contributed by atoms with Gasteiger partial charge in [-0.1, -0.05) is 6.07 Å². The summed E-state index contributed by atoms with van der Waals surface area (Å²) in [5, 5.41) is 9.02. The first-order valence-corrected chi connectivity index (χ1v) is 8.55. The molecule has 0 unspecified atom stereocenters. The molecule has 6 nitrogen and oxygen atoms in total. The molecule has 27 heavy (non-hydrogen) atoms. The van der Waals surface area contributed by atoms with Crippen molar-refractivity contribution in [2.75, 3.05) is 25.0 Å². The molecule has 0 spiro atoms. The summed E-state index contributed by atoms with van der Waals surface area (Å²) in [6, 6.07) is 8.30. The molecule has 146 valence electrons. The van der Waals surface area contributed by atoms with E-state index >= 15 is 0 Å². The van der Waals surface area contributed by atoms with Crippen molar-refractivity contribution in [1.82, 2.24) is 15.6 Å². The smallest absolute Gasteiger partial charge is 0.246 e. The van der Waals surface area contributed by atoms with E-state index in [0.717, 1.165) is 17.5 Å². The number of carbonyl (C=O) groups excluding carboxylic acids is 1. The van der Waals surface area contributed by atoms with Crippen molar-refractivity contribution in [1.29, 1.82) is 0 Å². The van der Waals surface area contributed by atoms with Crippen molar-refractivity contribution in [2.45, 2.75) is 20.3 Å². The van der Waals surface area contributed by atoms with E-state index in [1.807, 2.05) is 13.8 Å². The Morgan fingerprint density at radius 2 is 2.07 bits per heavy atom. The first kappa shape index (κ1) is 22.8. The van der Waals surface area contributed by atoms with Crippen molar-refractivity contribution in [3.63, 3.8) is 0 Å². The van der Waals surface area contributed by atoms with Crippen LogP contribution in [0.25, 0.3) is 0 Å². The maximum atomic E-state index is 13.1. The van der Waals surface area contributed by atoms with Crippen LogP contribution in [-0.4, -0.2) is 36.5 Å². The molecule has 3 N–H and O–H groups in total. The van der Waals surface area contributed by atoms with E-state index in [0.29, 0.717) is 24.7 Å². The highest BCUT2D eigenvalue weighted by atomic mass is 127. The van der Waals surface area contributed by atoms with Gasteiger partial charge in [0.15, 0.2) is 5.96 Å². The molecule has 8 heteroatoms. The molecular weight excluding hydrogens is 460 g/mol. The number of anilines is 1. The average Bonchev–Trinajstić information content (AvgIpc) is 2.62. The third-order valence-electron chi connectivity index (χ3n) is 3.66. The molecule has 0 bridgehead atoms. The zero-order valence-corrected chi connectivity index (χ0v) is 17.8. The summed E-state index contributed by atoms with van der Waals surface area (Å²) >= 11 is 0. The Morgan fingerprint density at radius 1 is 1.26 bits per heavy atom. The molecule has 2 aromatic rings. The fraction of sp³-hybridized carbons (Fsp3) is 0.316. The van der Waals surface area contributed by atoms with E-state index in [2.05, 4.69) is 25.9 Å². The van der Waals surface area contributed by atoms with Crippen molar-refractivity contribution in [3.8, 4) is 0 Å². The number of hydrogen-bond acceptors (Lipinski definition) is 3. The molecule has 1 amide bonds. The Balaban J connectivity index is 0.00000364. The fourth-order valence-corrected chi connectivity index (χ4v) is 2.39. The number of nitrogens with one attached hydrogen (secondary N) is 3. The number of rotatable bonds is 7. The lowest BCUT2D eigenvalue weighted by atomic mass is 10.1. The molecule has 0 saturated carbocycles. The van der Waals surface area contributed by atoms with Crippen LogP contribution in [0.5, 0.6) is 0 Å². The van der Waals surface area contributed by atoms with Gasteiger partial charge in [0.1, 0.15) is 12.4 Å². The van der Waals surface area contributed by atoms with Crippen LogP contribution in [0, 0.1) is 12.7 Å². The monoisotopic (exact) mass is 485 g/mol. The van der Waals surface area contributed by atoms with E-state index < -0.39 is 0 Å². The van der Waals surface area contributed by atoms with Crippen LogP contribution in [0.15, 0.2) is 47.7 Å². The molecule has 0 aliphatic carbocycles. The van der Waals surface area contributed by atoms with E-state index in [9.17, 15) is 9.18 Å². The van der Waals surface area contributed by atoms with Crippen LogP contribution < -0.4 is 16.0 Å². The van der Waals surface area contributed by atoms with Gasteiger partial charge in [-0.05, 0) is 55.7 Å². The number of aryl methyl sites for hydroxylation is 1. The minimum atomic E-state index is -0.228. The number of benzene rings is 1. The van der Waals surface area contributed by atoms with Crippen LogP contribution in [0.3, 0.4) is 0 Å². The first-order chi connectivity index (χ1) is 12.6. The molecule has 0 saturated heterocycles. The van der Waals surface area contributed by atoms with Crippen molar-refractivity contribution in [3.05, 3.63) is 59.7 Å². The number of carbonyl (C=O) groups is 1. The lowest BCUT2D eigenvalue weighted by Crippen LogP contribution is -2.39. The number of amides is 1. The fourth-order valence-electron chi connectivity index (χ4n) is 2.39. The van der Waals surface area contributed by atoms with Gasteiger partial charge in [0, 0.05) is 19.3 Å². The van der Waals surface area contributed by atoms with E-state index in [1.165, 1.54) is 12.1 Å². The average molecular weight is 485 g/mol. The number of halogens is 2. The SMILES string of the molecule is CCNC(=NCC(=O)Nc1cccnc1)NCCc1ccc(F)cc1C.I. The van der Waals surface area contributed by atoms with Gasteiger partial charge in [-0.25, -0.2) is 9.38 Å². The van der Waals surface area contributed by atoms with Gasteiger partial charge in [-0.15, -0.1) is 24.0 Å². The predicted octanol–water partition coefficient (Wildman–Crippen LogP) is 2.88. The lowest BCUT2D eigenvalue weighted by molar-refractivity contribution is -0.114. The third kappa shape index (κ3) is 8.33. The van der Waals surface area contributed by atoms with Crippen molar-refractivity contribution >= 4 is 41.5 Å². The van der Waals surface area contributed by atoms with Gasteiger partial charge in [-0.3, -0.25) is 9.78 Å². The van der Waals surface area contributed by atoms with Gasteiger partial charge >= 0.3 is 0 Å². The summed E-state index contributed by atoms with van der Waals surface area (Å²) in [4.78, 5) is 20.2. The third-order valence-corrected chi connectivity index (χ3v) is 3.66. The number of nitrogens with zero attached hydrogens (tertiary/aromatic N) is 2. The maximum absolute atomic E-state index is 13.1. The maximum Gasteiger partial charge on any atom is 0.246 e. The zero-order chi connectivity index (χ0) is 18.8. The zero-order valence-electron chi connectivity index (χ0n) is 15.5. The number of aromatic nitrogens is 1. The van der Waals surface area contributed by atoms with Crippen LogP contribution >= 0.6 is 24.0 Å². The molecule has 1 heterocycles. The minimum absolute atomic E-state index is 0. The molecule has 0 radical (unpaired) electrons. The molecule has 0 atom stereocenters. The number of aliphatic imine (C=N–C) groups is 1.